The normalized spacial score (nSPS) is 14.8. The van der Waals surface area contributed by atoms with Crippen LogP contribution in [0.1, 0.15) is 32.4 Å². The number of nitrogens with zero attached hydrogens (tertiary/aromatic N) is 3. The Kier molecular flexibility index (Phi) is 5.89. The molecule has 3 aromatic rings. The Morgan fingerprint density at radius 2 is 1.76 bits per heavy atom. The van der Waals surface area contributed by atoms with Gasteiger partial charge in [-0.1, -0.05) is 23.7 Å². The summed E-state index contributed by atoms with van der Waals surface area (Å²) in [5, 5.41) is 15.8. The smallest absolute Gasteiger partial charge is 0.276 e. The van der Waals surface area contributed by atoms with Gasteiger partial charge >= 0.3 is 0 Å². The van der Waals surface area contributed by atoms with Crippen LogP contribution in [0.2, 0.25) is 5.02 Å². The van der Waals surface area contributed by atoms with Gasteiger partial charge in [0.25, 0.3) is 17.5 Å². The highest BCUT2D eigenvalue weighted by molar-refractivity contribution is 6.31. The summed E-state index contributed by atoms with van der Waals surface area (Å²) in [6.45, 7) is 0. The number of nitro groups is 1. The summed E-state index contributed by atoms with van der Waals surface area (Å²) in [5.74, 6) is -1.02. The molecule has 0 saturated heterocycles. The topological polar surface area (TPSA) is 108 Å². The molecule has 0 fully saturated rings. The second-order valence-electron chi connectivity index (χ2n) is 7.64. The molecule has 0 aliphatic carbocycles. The number of halogens is 1. The molecule has 168 valence electrons. The van der Waals surface area contributed by atoms with E-state index in [1.807, 2.05) is 43.3 Å². The Morgan fingerprint density at radius 1 is 1.09 bits per heavy atom. The maximum Gasteiger partial charge on any atom is 0.276 e. The highest BCUT2D eigenvalue weighted by atomic mass is 35.5. The molecule has 33 heavy (non-hydrogen) atoms. The van der Waals surface area contributed by atoms with Crippen LogP contribution < -0.4 is 15.6 Å². The standard InChI is InChI=1S/C23H20ClN5O4/c1-27(2)17-8-3-14(4-9-17)21-25-20-12-7-16(24)13-19(20)23(31)28(21)26-22(30)15-5-10-18(11-6-15)29(32)33/h3-13,21,25H,1-2H3,(H,26,30). The van der Waals surface area contributed by atoms with Gasteiger partial charge in [0.1, 0.15) is 6.17 Å². The summed E-state index contributed by atoms with van der Waals surface area (Å²) in [7, 11) is 3.85. The molecule has 1 aliphatic heterocycles. The van der Waals surface area contributed by atoms with Crippen LogP contribution in [0.4, 0.5) is 17.1 Å². The minimum absolute atomic E-state index is 0.135. The van der Waals surface area contributed by atoms with E-state index in [9.17, 15) is 19.7 Å². The van der Waals surface area contributed by atoms with E-state index >= 15 is 0 Å². The fourth-order valence-corrected chi connectivity index (χ4v) is 3.66. The predicted octanol–water partition coefficient (Wildman–Crippen LogP) is 4.23. The maximum atomic E-state index is 13.4. The summed E-state index contributed by atoms with van der Waals surface area (Å²) < 4.78 is 0. The molecule has 9 nitrogen and oxygen atoms in total. The molecular weight excluding hydrogens is 446 g/mol. The lowest BCUT2D eigenvalue weighted by atomic mass is 10.0. The number of hydrogen-bond acceptors (Lipinski definition) is 6. The summed E-state index contributed by atoms with van der Waals surface area (Å²) in [5.41, 5.74) is 5.31. The first-order valence-corrected chi connectivity index (χ1v) is 10.3. The number of hydrogen-bond donors (Lipinski definition) is 2. The van der Waals surface area contributed by atoms with Crippen molar-refractivity contribution in [3.63, 3.8) is 0 Å². The third-order valence-electron chi connectivity index (χ3n) is 5.27. The number of amides is 2. The van der Waals surface area contributed by atoms with Gasteiger partial charge in [0.2, 0.25) is 0 Å². The summed E-state index contributed by atoms with van der Waals surface area (Å²) >= 11 is 6.09. The number of hydrazine groups is 1. The highest BCUT2D eigenvalue weighted by Gasteiger charge is 2.35. The van der Waals surface area contributed by atoms with Crippen molar-refractivity contribution in [2.45, 2.75) is 6.17 Å². The van der Waals surface area contributed by atoms with Gasteiger partial charge in [-0.2, -0.15) is 0 Å². The number of nitrogens with one attached hydrogen (secondary N) is 2. The van der Waals surface area contributed by atoms with Crippen molar-refractivity contribution in [3.8, 4) is 0 Å². The van der Waals surface area contributed by atoms with Crippen LogP contribution in [-0.2, 0) is 0 Å². The quantitative estimate of drug-likeness (QED) is 0.431. The van der Waals surface area contributed by atoms with Crippen LogP contribution in [-0.4, -0.2) is 35.8 Å². The van der Waals surface area contributed by atoms with Crippen molar-refractivity contribution < 1.29 is 14.5 Å². The number of carbonyl (C=O) groups excluding carboxylic acids is 2. The van der Waals surface area contributed by atoms with Crippen molar-refractivity contribution in [2.75, 3.05) is 24.3 Å². The van der Waals surface area contributed by atoms with Crippen LogP contribution in [0.15, 0.2) is 66.7 Å². The van der Waals surface area contributed by atoms with Crippen molar-refractivity contribution in [2.24, 2.45) is 0 Å². The highest BCUT2D eigenvalue weighted by Crippen LogP contribution is 2.34. The number of rotatable bonds is 5. The molecule has 0 spiro atoms. The lowest BCUT2D eigenvalue weighted by Gasteiger charge is -2.38. The van der Waals surface area contributed by atoms with Crippen molar-refractivity contribution in [1.29, 1.82) is 0 Å². The second kappa shape index (κ2) is 8.79. The fourth-order valence-electron chi connectivity index (χ4n) is 3.49. The van der Waals surface area contributed by atoms with Crippen molar-refractivity contribution in [1.82, 2.24) is 10.4 Å². The van der Waals surface area contributed by atoms with E-state index in [2.05, 4.69) is 10.7 Å². The Labute approximate surface area is 194 Å². The lowest BCUT2D eigenvalue weighted by Crippen LogP contribution is -2.52. The molecule has 1 unspecified atom stereocenters. The molecule has 1 heterocycles. The zero-order valence-electron chi connectivity index (χ0n) is 17.8. The van der Waals surface area contributed by atoms with E-state index < -0.39 is 22.9 Å². The Balaban J connectivity index is 1.68. The van der Waals surface area contributed by atoms with E-state index in [0.717, 1.165) is 11.3 Å². The van der Waals surface area contributed by atoms with Gasteiger partial charge in [-0.25, -0.2) is 5.01 Å². The largest absolute Gasteiger partial charge is 0.378 e. The van der Waals surface area contributed by atoms with Gasteiger partial charge in [-0.15, -0.1) is 0 Å². The molecular formula is C23H20ClN5O4. The summed E-state index contributed by atoms with van der Waals surface area (Å²) in [6, 6.07) is 17.6. The maximum absolute atomic E-state index is 13.4. The van der Waals surface area contributed by atoms with Gasteiger partial charge < -0.3 is 10.2 Å². The van der Waals surface area contributed by atoms with Crippen molar-refractivity contribution in [3.05, 3.63) is 98.6 Å². The molecule has 3 aromatic carbocycles. The first-order valence-electron chi connectivity index (χ1n) is 9.97. The van der Waals surface area contributed by atoms with Gasteiger partial charge in [-0.3, -0.25) is 25.1 Å². The fraction of sp³-hybridized carbons (Fsp3) is 0.130. The molecule has 4 rings (SSSR count). The first kappa shape index (κ1) is 22.1. The Morgan fingerprint density at radius 3 is 2.36 bits per heavy atom. The van der Waals surface area contributed by atoms with Gasteiger partial charge in [0.05, 0.1) is 10.5 Å². The molecule has 2 amide bonds. The molecule has 0 aromatic heterocycles. The number of nitro benzene ring substituents is 1. The number of anilines is 2. The molecule has 10 heteroatoms. The Hall–Kier alpha value is -4.11. The predicted molar refractivity (Wildman–Crippen MR) is 125 cm³/mol. The van der Waals surface area contributed by atoms with Crippen molar-refractivity contribution >= 4 is 40.5 Å². The molecule has 1 atom stereocenters. The first-order chi connectivity index (χ1) is 15.7. The van der Waals surface area contributed by atoms with Gasteiger partial charge in [0.15, 0.2) is 0 Å². The van der Waals surface area contributed by atoms with E-state index in [0.29, 0.717) is 16.3 Å². The van der Waals surface area contributed by atoms with Crippen LogP contribution in [0.25, 0.3) is 0 Å². The minimum atomic E-state index is -0.690. The molecule has 2 N–H and O–H groups in total. The third kappa shape index (κ3) is 4.44. The van der Waals surface area contributed by atoms with Gasteiger partial charge in [-0.05, 0) is 48.0 Å². The monoisotopic (exact) mass is 465 g/mol. The minimum Gasteiger partial charge on any atom is -0.378 e. The molecule has 1 aliphatic rings. The number of benzene rings is 3. The van der Waals surface area contributed by atoms with Crippen LogP contribution in [0.3, 0.4) is 0 Å². The lowest BCUT2D eigenvalue weighted by molar-refractivity contribution is -0.384. The summed E-state index contributed by atoms with van der Waals surface area (Å²) in [6.07, 6.45) is -0.690. The van der Waals surface area contributed by atoms with E-state index in [4.69, 9.17) is 11.6 Å². The number of non-ortho nitro benzene ring substituents is 1. The average Bonchev–Trinajstić information content (AvgIpc) is 2.81. The van der Waals surface area contributed by atoms with E-state index in [-0.39, 0.29) is 11.3 Å². The number of carbonyl (C=O) groups is 2. The van der Waals surface area contributed by atoms with Crippen LogP contribution >= 0.6 is 11.6 Å². The SMILES string of the molecule is CN(C)c1ccc(C2Nc3ccc(Cl)cc3C(=O)N2NC(=O)c2ccc([N+](=O)[O-])cc2)cc1. The Bertz CT molecular complexity index is 1230. The molecule has 0 saturated carbocycles. The molecule has 0 bridgehead atoms. The average molecular weight is 466 g/mol. The number of fused-ring (bicyclic) bond motifs is 1. The zero-order chi connectivity index (χ0) is 23.7. The summed E-state index contributed by atoms with van der Waals surface area (Å²) in [4.78, 5) is 38.5. The van der Waals surface area contributed by atoms with Crippen LogP contribution in [0.5, 0.6) is 0 Å². The van der Waals surface area contributed by atoms with Crippen LogP contribution in [0, 0.1) is 10.1 Å². The molecule has 0 radical (unpaired) electrons. The van der Waals surface area contributed by atoms with E-state index in [1.54, 1.807) is 12.1 Å². The third-order valence-corrected chi connectivity index (χ3v) is 5.50. The van der Waals surface area contributed by atoms with Gasteiger partial charge in [0, 0.05) is 48.2 Å². The van der Waals surface area contributed by atoms with E-state index in [1.165, 1.54) is 35.3 Å². The second-order valence-corrected chi connectivity index (χ2v) is 8.08. The zero-order valence-corrected chi connectivity index (χ0v) is 18.5.